The average molecular weight is 598 g/mol. The molecule has 7 rings (SSSR count). The lowest BCUT2D eigenvalue weighted by atomic mass is 9.45. The Balaban J connectivity index is 0.885. The second-order valence-electron chi connectivity index (χ2n) is 14.4. The first-order valence-corrected chi connectivity index (χ1v) is 16.5. The molecule has 0 bridgehead atoms. The van der Waals surface area contributed by atoms with E-state index in [1.54, 1.807) is 0 Å². The van der Waals surface area contributed by atoms with Crippen molar-refractivity contribution in [2.45, 2.75) is 83.7 Å². The summed E-state index contributed by atoms with van der Waals surface area (Å²) in [5, 5.41) is 2.70. The van der Waals surface area contributed by atoms with E-state index in [1.165, 1.54) is 11.1 Å². The van der Waals surface area contributed by atoms with Gasteiger partial charge in [-0.05, 0) is 83.9 Å². The van der Waals surface area contributed by atoms with Crippen LogP contribution < -0.4 is 5.32 Å². The summed E-state index contributed by atoms with van der Waals surface area (Å²) < 4.78 is 11.4. The minimum atomic E-state index is -0.553. The number of carbonyl (C=O) groups excluding carboxylic acids is 4. The molecule has 0 aliphatic heterocycles. The summed E-state index contributed by atoms with van der Waals surface area (Å²) >= 11 is 0. The molecule has 4 saturated carbocycles. The maximum Gasteiger partial charge on any atom is 0.407 e. The van der Waals surface area contributed by atoms with Crippen LogP contribution in [0.1, 0.15) is 88.7 Å². The summed E-state index contributed by atoms with van der Waals surface area (Å²) in [5.74, 6) is 1.28. The number of fused-ring (bicyclic) bond motifs is 8. The summed E-state index contributed by atoms with van der Waals surface area (Å²) in [7, 11) is 0. The van der Waals surface area contributed by atoms with Gasteiger partial charge in [0, 0.05) is 36.6 Å². The van der Waals surface area contributed by atoms with Crippen molar-refractivity contribution in [3.63, 3.8) is 0 Å². The lowest BCUT2D eigenvalue weighted by Gasteiger charge is -2.59. The molecule has 1 N–H and O–H groups in total. The highest BCUT2D eigenvalue weighted by atomic mass is 16.6. The Morgan fingerprint density at radius 1 is 0.909 bits per heavy atom. The zero-order valence-corrected chi connectivity index (χ0v) is 25.8. The van der Waals surface area contributed by atoms with Crippen LogP contribution in [0.15, 0.2) is 48.5 Å². The first kappa shape index (κ1) is 29.2. The smallest absolute Gasteiger partial charge is 0.407 e. The fourth-order valence-electron chi connectivity index (χ4n) is 10.0. The van der Waals surface area contributed by atoms with Crippen LogP contribution in [0.2, 0.25) is 0 Å². The lowest BCUT2D eigenvalue weighted by molar-refractivity contribution is -0.169. The Kier molecular flexibility index (Phi) is 7.41. The first-order valence-electron chi connectivity index (χ1n) is 16.5. The maximum atomic E-state index is 13.5. The van der Waals surface area contributed by atoms with Gasteiger partial charge in [0.05, 0.1) is 6.42 Å². The van der Waals surface area contributed by atoms with Crippen LogP contribution in [0, 0.1) is 34.5 Å². The first-order chi connectivity index (χ1) is 21.2. The van der Waals surface area contributed by atoms with Gasteiger partial charge in [-0.25, -0.2) is 4.79 Å². The van der Waals surface area contributed by atoms with Crippen LogP contribution in [0.4, 0.5) is 4.79 Å². The Bertz CT molecular complexity index is 1450. The van der Waals surface area contributed by atoms with Crippen molar-refractivity contribution in [2.24, 2.45) is 34.5 Å². The minimum absolute atomic E-state index is 0.0216. The third kappa shape index (κ3) is 4.78. The molecule has 0 heterocycles. The van der Waals surface area contributed by atoms with Crippen molar-refractivity contribution in [1.82, 2.24) is 5.32 Å². The van der Waals surface area contributed by atoms with Gasteiger partial charge in [0.15, 0.2) is 0 Å². The molecule has 7 heteroatoms. The fourth-order valence-corrected chi connectivity index (χ4v) is 10.0. The fraction of sp³-hybridized carbons (Fsp3) is 0.568. The largest absolute Gasteiger partial charge is 0.462 e. The number of amides is 1. The Morgan fingerprint density at radius 3 is 2.34 bits per heavy atom. The van der Waals surface area contributed by atoms with Gasteiger partial charge in [-0.15, -0.1) is 0 Å². The molecule has 44 heavy (non-hydrogen) atoms. The number of ether oxygens (including phenoxy) is 2. The van der Waals surface area contributed by atoms with E-state index in [9.17, 15) is 19.2 Å². The number of alkyl carbamates (subject to hydrolysis) is 1. The predicted molar refractivity (Wildman–Crippen MR) is 165 cm³/mol. The SMILES string of the molecule is C[C@]12CC[C@H](OC(=O)CCNC(=O)OCC3c4ccccc4-c4ccccc43)CC1C(=O)C[C@@H]1[C@@H]2CC[C@]2(C)C(=O)CC[C@@H]12. The van der Waals surface area contributed by atoms with Crippen molar-refractivity contribution >= 4 is 23.6 Å². The zero-order valence-electron chi connectivity index (χ0n) is 25.8. The van der Waals surface area contributed by atoms with Crippen LogP contribution in [0.5, 0.6) is 0 Å². The molecule has 5 aliphatic rings. The van der Waals surface area contributed by atoms with Crippen molar-refractivity contribution in [1.29, 1.82) is 0 Å². The molecule has 0 aromatic heterocycles. The summed E-state index contributed by atoms with van der Waals surface area (Å²) in [4.78, 5) is 51.5. The number of nitrogens with one attached hydrogen (secondary N) is 1. The molecule has 0 radical (unpaired) electrons. The van der Waals surface area contributed by atoms with Gasteiger partial charge in [-0.1, -0.05) is 62.4 Å². The molecule has 2 aromatic carbocycles. The van der Waals surface area contributed by atoms with Crippen molar-refractivity contribution in [2.75, 3.05) is 13.2 Å². The van der Waals surface area contributed by atoms with E-state index >= 15 is 0 Å². The van der Waals surface area contributed by atoms with E-state index in [0.717, 1.165) is 43.2 Å². The van der Waals surface area contributed by atoms with Crippen LogP contribution in [0.25, 0.3) is 11.1 Å². The monoisotopic (exact) mass is 597 g/mol. The normalized spacial score (nSPS) is 33.8. The summed E-state index contributed by atoms with van der Waals surface area (Å²) in [6, 6.07) is 16.4. The maximum absolute atomic E-state index is 13.5. The highest BCUT2D eigenvalue weighted by Crippen LogP contribution is 2.64. The van der Waals surface area contributed by atoms with Gasteiger partial charge in [-0.2, -0.15) is 0 Å². The molecule has 7 nitrogen and oxygen atoms in total. The second-order valence-corrected chi connectivity index (χ2v) is 14.4. The molecule has 2 aromatic rings. The van der Waals surface area contributed by atoms with Gasteiger partial charge < -0.3 is 14.8 Å². The van der Waals surface area contributed by atoms with E-state index in [0.29, 0.717) is 42.8 Å². The third-order valence-electron chi connectivity index (χ3n) is 12.4. The molecular weight excluding hydrogens is 554 g/mol. The van der Waals surface area contributed by atoms with E-state index < -0.39 is 6.09 Å². The molecule has 4 fully saturated rings. The molecule has 0 saturated heterocycles. The Morgan fingerprint density at radius 2 is 1.61 bits per heavy atom. The van der Waals surface area contributed by atoms with Gasteiger partial charge in [-0.3, -0.25) is 14.4 Å². The number of benzene rings is 2. The number of hydrogen-bond donors (Lipinski definition) is 1. The highest BCUT2D eigenvalue weighted by molar-refractivity contribution is 5.88. The molecule has 0 spiro atoms. The number of esters is 1. The van der Waals surface area contributed by atoms with Crippen molar-refractivity contribution in [3.05, 3.63) is 59.7 Å². The van der Waals surface area contributed by atoms with Crippen LogP contribution >= 0.6 is 0 Å². The van der Waals surface area contributed by atoms with Crippen LogP contribution in [-0.4, -0.2) is 42.9 Å². The molecule has 5 aliphatic carbocycles. The van der Waals surface area contributed by atoms with E-state index in [1.807, 2.05) is 24.3 Å². The van der Waals surface area contributed by atoms with Crippen LogP contribution in [0.3, 0.4) is 0 Å². The van der Waals surface area contributed by atoms with Crippen LogP contribution in [-0.2, 0) is 23.9 Å². The van der Waals surface area contributed by atoms with Crippen molar-refractivity contribution < 1.29 is 28.7 Å². The number of carbonyl (C=O) groups is 4. The average Bonchev–Trinajstić information content (AvgIpc) is 3.50. The molecule has 1 amide bonds. The molecule has 7 atom stereocenters. The minimum Gasteiger partial charge on any atom is -0.462 e. The van der Waals surface area contributed by atoms with E-state index in [4.69, 9.17) is 9.47 Å². The topological polar surface area (TPSA) is 98.8 Å². The number of hydrogen-bond acceptors (Lipinski definition) is 6. The van der Waals surface area contributed by atoms with Gasteiger partial charge in [0.2, 0.25) is 0 Å². The van der Waals surface area contributed by atoms with Gasteiger partial charge >= 0.3 is 12.1 Å². The quantitative estimate of drug-likeness (QED) is 0.376. The summed E-state index contributed by atoms with van der Waals surface area (Å²) in [6.07, 6.45) is 5.48. The van der Waals surface area contributed by atoms with E-state index in [-0.39, 0.29) is 60.1 Å². The number of rotatable bonds is 6. The number of Topliss-reactive ketones (excluding diaryl/α,β-unsaturated/α-hetero) is 2. The van der Waals surface area contributed by atoms with Gasteiger partial charge in [0.1, 0.15) is 24.3 Å². The second kappa shape index (κ2) is 11.1. The Hall–Kier alpha value is -3.48. The van der Waals surface area contributed by atoms with Crippen molar-refractivity contribution in [3.8, 4) is 11.1 Å². The standard InChI is InChI=1S/C37H43NO6/c1-36-16-13-22(19-31(36)32(39)20-27-29-11-12-33(40)37(29,2)17-14-30(27)36)44-34(41)15-18-38-35(42)43-21-28-25-9-5-3-7-23(25)24-8-4-6-10-26(24)28/h3-10,22,27-31H,11-21H2,1-2H3,(H,38,42)/t22-,27-,29-,30-,31?,36+,37-/m0/s1. The third-order valence-corrected chi connectivity index (χ3v) is 12.4. The van der Waals surface area contributed by atoms with E-state index in [2.05, 4.69) is 43.4 Å². The lowest BCUT2D eigenvalue weighted by Crippen LogP contribution is -2.57. The summed E-state index contributed by atoms with van der Waals surface area (Å²) in [6.45, 7) is 4.77. The predicted octanol–water partition coefficient (Wildman–Crippen LogP) is 6.62. The molecule has 1 unspecified atom stereocenters. The Labute approximate surface area is 259 Å². The zero-order chi connectivity index (χ0) is 30.6. The molecular formula is C37H43NO6. The highest BCUT2D eigenvalue weighted by Gasteiger charge is 2.62. The number of ketones is 2. The van der Waals surface area contributed by atoms with Gasteiger partial charge in [0.25, 0.3) is 0 Å². The molecule has 232 valence electrons. The summed E-state index contributed by atoms with van der Waals surface area (Å²) in [5.41, 5.74) is 4.30.